The maximum atomic E-state index is 13.2. The van der Waals surface area contributed by atoms with Crippen molar-refractivity contribution in [2.75, 3.05) is 0 Å². The molecule has 1 heterocycles. The number of carboxylic acids is 1. The largest absolute Gasteiger partial charge is 0.480 e. The molecule has 7 nitrogen and oxygen atoms in total. The van der Waals surface area contributed by atoms with Gasteiger partial charge in [0.1, 0.15) is 12.1 Å². The summed E-state index contributed by atoms with van der Waals surface area (Å²) in [5.41, 5.74) is 4.17. The van der Waals surface area contributed by atoms with Crippen LogP contribution in [0.25, 0.3) is 10.9 Å². The van der Waals surface area contributed by atoms with E-state index in [1.54, 1.807) is 13.8 Å². The molecule has 3 aromatic rings. The average Bonchev–Trinajstić information content (AvgIpc) is 3.23. The second-order valence-electron chi connectivity index (χ2n) is 9.42. The number of H-pyrrole nitrogens is 1. The molecular weight excluding hydrogens is 430 g/mol. The van der Waals surface area contributed by atoms with E-state index in [-0.39, 0.29) is 24.2 Å². The highest BCUT2D eigenvalue weighted by atomic mass is 16.4. The van der Waals surface area contributed by atoms with Crippen molar-refractivity contribution in [3.63, 3.8) is 0 Å². The van der Waals surface area contributed by atoms with Gasteiger partial charge in [0, 0.05) is 23.5 Å². The zero-order valence-electron chi connectivity index (χ0n) is 19.5. The third-order valence-corrected chi connectivity index (χ3v) is 6.59. The van der Waals surface area contributed by atoms with Gasteiger partial charge < -0.3 is 20.7 Å². The highest BCUT2D eigenvalue weighted by Gasteiger charge is 2.31. The first-order valence-corrected chi connectivity index (χ1v) is 11.8. The molecular formula is C27H31N3O4. The third-order valence-electron chi connectivity index (χ3n) is 6.59. The highest BCUT2D eigenvalue weighted by molar-refractivity contribution is 5.91. The number of aryl methyl sites for hydroxylation is 1. The fourth-order valence-corrected chi connectivity index (χ4v) is 4.65. The van der Waals surface area contributed by atoms with Crippen molar-refractivity contribution in [2.24, 2.45) is 11.8 Å². The number of carbonyl (C=O) groups excluding carboxylic acids is 2. The first-order valence-electron chi connectivity index (χ1n) is 11.8. The van der Waals surface area contributed by atoms with Crippen molar-refractivity contribution in [2.45, 2.75) is 51.6 Å². The lowest BCUT2D eigenvalue weighted by Crippen LogP contribution is -2.55. The van der Waals surface area contributed by atoms with Gasteiger partial charge in [0.15, 0.2) is 0 Å². The quantitative estimate of drug-likeness (QED) is 0.413. The van der Waals surface area contributed by atoms with Crippen LogP contribution >= 0.6 is 0 Å². The van der Waals surface area contributed by atoms with Crippen LogP contribution in [0.4, 0.5) is 0 Å². The molecule has 4 rings (SSSR count). The molecule has 3 atom stereocenters. The number of fused-ring (bicyclic) bond motifs is 2. The zero-order chi connectivity index (χ0) is 24.2. The SMILES string of the molecule is CC(C)C(NC(=O)C(Cc1cc2ccccc2[nH]1)NC(=O)C1CCc2ccccc2C1)C(=O)O. The molecule has 1 aliphatic rings. The van der Waals surface area contributed by atoms with Gasteiger partial charge in [0.2, 0.25) is 11.8 Å². The molecule has 1 aromatic heterocycles. The topological polar surface area (TPSA) is 111 Å². The molecule has 34 heavy (non-hydrogen) atoms. The summed E-state index contributed by atoms with van der Waals surface area (Å²) in [4.78, 5) is 41.4. The molecule has 0 aliphatic heterocycles. The molecule has 2 aromatic carbocycles. The van der Waals surface area contributed by atoms with Crippen molar-refractivity contribution < 1.29 is 19.5 Å². The standard InChI is InChI=1S/C27H31N3O4/c1-16(2)24(27(33)34)30-26(32)23(15-21-14-19-9-5-6-10-22(19)28-21)29-25(31)20-12-11-17-7-3-4-8-18(17)13-20/h3-10,14,16,20,23-24,28H,11-13,15H2,1-2H3,(H,29,31)(H,30,32)(H,33,34). The molecule has 7 heteroatoms. The van der Waals surface area contributed by atoms with Gasteiger partial charge >= 0.3 is 5.97 Å². The smallest absolute Gasteiger partial charge is 0.326 e. The zero-order valence-corrected chi connectivity index (χ0v) is 19.5. The van der Waals surface area contributed by atoms with Gasteiger partial charge in [-0.15, -0.1) is 0 Å². The van der Waals surface area contributed by atoms with Gasteiger partial charge in [0.05, 0.1) is 0 Å². The second-order valence-corrected chi connectivity index (χ2v) is 9.42. The summed E-state index contributed by atoms with van der Waals surface area (Å²) in [6, 6.07) is 15.9. The summed E-state index contributed by atoms with van der Waals surface area (Å²) in [6.07, 6.45) is 2.40. The summed E-state index contributed by atoms with van der Waals surface area (Å²) in [5.74, 6) is -2.29. The molecule has 178 valence electrons. The van der Waals surface area contributed by atoms with Crippen LogP contribution in [0.5, 0.6) is 0 Å². The number of aliphatic carboxylic acids is 1. The molecule has 2 amide bonds. The minimum atomic E-state index is -1.09. The molecule has 0 saturated heterocycles. The van der Waals surface area contributed by atoms with Gasteiger partial charge in [-0.2, -0.15) is 0 Å². The summed E-state index contributed by atoms with van der Waals surface area (Å²) in [7, 11) is 0. The van der Waals surface area contributed by atoms with Crippen LogP contribution in [-0.2, 0) is 33.6 Å². The van der Waals surface area contributed by atoms with Crippen LogP contribution in [0.15, 0.2) is 54.6 Å². The molecule has 0 radical (unpaired) electrons. The van der Waals surface area contributed by atoms with Crippen molar-refractivity contribution in [3.05, 3.63) is 71.4 Å². The van der Waals surface area contributed by atoms with E-state index in [1.807, 2.05) is 48.5 Å². The van der Waals surface area contributed by atoms with Crippen molar-refractivity contribution in [3.8, 4) is 0 Å². The maximum absolute atomic E-state index is 13.2. The predicted molar refractivity (Wildman–Crippen MR) is 130 cm³/mol. The minimum Gasteiger partial charge on any atom is -0.480 e. The van der Waals surface area contributed by atoms with Crippen LogP contribution in [-0.4, -0.2) is 40.0 Å². The Morgan fingerprint density at radius 3 is 2.44 bits per heavy atom. The lowest BCUT2D eigenvalue weighted by atomic mass is 9.83. The number of para-hydroxylation sites is 1. The predicted octanol–water partition coefficient (Wildman–Crippen LogP) is 3.23. The third kappa shape index (κ3) is 5.30. The van der Waals surface area contributed by atoms with E-state index in [2.05, 4.69) is 21.7 Å². The van der Waals surface area contributed by atoms with Crippen molar-refractivity contribution in [1.82, 2.24) is 15.6 Å². The lowest BCUT2D eigenvalue weighted by molar-refractivity contribution is -0.143. The second kappa shape index (κ2) is 10.1. The van der Waals surface area contributed by atoms with E-state index in [4.69, 9.17) is 0 Å². The van der Waals surface area contributed by atoms with E-state index in [0.29, 0.717) is 12.8 Å². The Bertz CT molecular complexity index is 1170. The van der Waals surface area contributed by atoms with E-state index in [9.17, 15) is 19.5 Å². The Hall–Kier alpha value is -3.61. The van der Waals surface area contributed by atoms with E-state index < -0.39 is 24.0 Å². The molecule has 0 fully saturated rings. The Balaban J connectivity index is 1.53. The highest BCUT2D eigenvalue weighted by Crippen LogP contribution is 2.26. The number of aromatic nitrogens is 1. The van der Waals surface area contributed by atoms with E-state index >= 15 is 0 Å². The summed E-state index contributed by atoms with van der Waals surface area (Å²) in [6.45, 7) is 3.48. The number of carboxylic acid groups (broad SMARTS) is 1. The monoisotopic (exact) mass is 461 g/mol. The minimum absolute atomic E-state index is 0.179. The van der Waals surface area contributed by atoms with E-state index in [0.717, 1.165) is 28.6 Å². The maximum Gasteiger partial charge on any atom is 0.326 e. The normalized spacial score (nSPS) is 17.1. The summed E-state index contributed by atoms with van der Waals surface area (Å²) >= 11 is 0. The molecule has 1 aliphatic carbocycles. The van der Waals surface area contributed by atoms with Gasteiger partial charge in [-0.05, 0) is 53.8 Å². The van der Waals surface area contributed by atoms with Crippen LogP contribution in [0.1, 0.15) is 37.1 Å². The number of amides is 2. The Labute approximate surface area is 198 Å². The summed E-state index contributed by atoms with van der Waals surface area (Å²) < 4.78 is 0. The first-order chi connectivity index (χ1) is 16.3. The van der Waals surface area contributed by atoms with Gasteiger partial charge in [-0.3, -0.25) is 9.59 Å². The van der Waals surface area contributed by atoms with Crippen molar-refractivity contribution in [1.29, 1.82) is 0 Å². The lowest BCUT2D eigenvalue weighted by Gasteiger charge is -2.27. The molecule has 3 unspecified atom stereocenters. The molecule has 0 spiro atoms. The van der Waals surface area contributed by atoms with Gasteiger partial charge in [-0.25, -0.2) is 4.79 Å². The number of nitrogens with one attached hydrogen (secondary N) is 3. The fourth-order valence-electron chi connectivity index (χ4n) is 4.65. The number of aromatic amines is 1. The first kappa shape index (κ1) is 23.5. The number of carbonyl (C=O) groups is 3. The number of rotatable bonds is 8. The van der Waals surface area contributed by atoms with E-state index in [1.165, 1.54) is 5.56 Å². The number of hydrogen-bond acceptors (Lipinski definition) is 3. The molecule has 0 saturated carbocycles. The number of benzene rings is 2. The van der Waals surface area contributed by atoms with Gasteiger partial charge in [0.25, 0.3) is 0 Å². The average molecular weight is 462 g/mol. The Kier molecular flexibility index (Phi) is 7.01. The van der Waals surface area contributed by atoms with Crippen molar-refractivity contribution >= 4 is 28.7 Å². The summed E-state index contributed by atoms with van der Waals surface area (Å²) in [5, 5.41) is 16.1. The van der Waals surface area contributed by atoms with Crippen LogP contribution in [0, 0.1) is 11.8 Å². The molecule has 4 N–H and O–H groups in total. The Morgan fingerprint density at radius 1 is 1.03 bits per heavy atom. The molecule has 0 bridgehead atoms. The van der Waals surface area contributed by atoms with Crippen LogP contribution in [0.2, 0.25) is 0 Å². The number of hydrogen-bond donors (Lipinski definition) is 4. The van der Waals surface area contributed by atoms with Gasteiger partial charge in [-0.1, -0.05) is 56.3 Å². The van der Waals surface area contributed by atoms with Crippen LogP contribution in [0.3, 0.4) is 0 Å². The Morgan fingerprint density at radius 2 is 1.74 bits per heavy atom. The van der Waals surface area contributed by atoms with Crippen LogP contribution < -0.4 is 10.6 Å². The fraction of sp³-hybridized carbons (Fsp3) is 0.370.